The van der Waals surface area contributed by atoms with Crippen molar-refractivity contribution in [3.05, 3.63) is 0 Å². The Morgan fingerprint density at radius 3 is 2.09 bits per heavy atom. The monoisotopic (exact) mass is 307 g/mol. The highest BCUT2D eigenvalue weighted by Crippen LogP contribution is 2.56. The number of carbonyl (C=O) groups is 2. The topological polar surface area (TPSA) is 75.6 Å². The fraction of sp³-hybridized carbons (Fsp3) is 0.882. The number of carboxylic acid groups (broad SMARTS) is 1. The third-order valence-corrected chi connectivity index (χ3v) is 6.52. The van der Waals surface area contributed by atoms with Gasteiger partial charge in [-0.05, 0) is 74.5 Å². The highest BCUT2D eigenvalue weighted by atomic mass is 16.5. The van der Waals surface area contributed by atoms with Crippen LogP contribution in [0.25, 0.3) is 0 Å². The van der Waals surface area contributed by atoms with Crippen LogP contribution < -0.4 is 5.32 Å². The molecular weight excluding hydrogens is 282 g/mol. The van der Waals surface area contributed by atoms with Gasteiger partial charge in [0.25, 0.3) is 0 Å². The molecule has 0 spiro atoms. The van der Waals surface area contributed by atoms with Gasteiger partial charge < -0.3 is 15.2 Å². The number of carboxylic acids is 1. The molecule has 22 heavy (non-hydrogen) atoms. The van der Waals surface area contributed by atoms with Gasteiger partial charge in [0.1, 0.15) is 6.10 Å². The summed E-state index contributed by atoms with van der Waals surface area (Å²) in [5.41, 5.74) is 0. The van der Waals surface area contributed by atoms with Crippen LogP contribution in [0.4, 0.5) is 0 Å². The van der Waals surface area contributed by atoms with Gasteiger partial charge in [0, 0.05) is 6.54 Å². The molecule has 5 heteroatoms. The predicted molar refractivity (Wildman–Crippen MR) is 79.1 cm³/mol. The molecule has 0 radical (unpaired) electrons. The van der Waals surface area contributed by atoms with Crippen LogP contribution in [0.15, 0.2) is 0 Å². The molecule has 5 aliphatic rings. The molecule has 1 heterocycles. The van der Waals surface area contributed by atoms with E-state index in [9.17, 15) is 9.59 Å². The lowest BCUT2D eigenvalue weighted by Crippen LogP contribution is -2.50. The normalized spacial score (nSPS) is 45.9. The van der Waals surface area contributed by atoms with Crippen molar-refractivity contribution in [2.45, 2.75) is 57.2 Å². The minimum Gasteiger partial charge on any atom is -0.479 e. The van der Waals surface area contributed by atoms with Gasteiger partial charge in [0.15, 0.2) is 6.10 Å². The Balaban J connectivity index is 1.30. The summed E-state index contributed by atoms with van der Waals surface area (Å²) >= 11 is 0. The first-order valence-corrected chi connectivity index (χ1v) is 8.76. The highest BCUT2D eigenvalue weighted by molar-refractivity contribution is 5.82. The first kappa shape index (κ1) is 14.5. The van der Waals surface area contributed by atoms with E-state index in [1.807, 2.05) is 0 Å². The van der Waals surface area contributed by atoms with E-state index in [1.54, 1.807) is 0 Å². The molecule has 0 aromatic carbocycles. The summed E-state index contributed by atoms with van der Waals surface area (Å²) in [6.45, 7) is 0.755. The summed E-state index contributed by atoms with van der Waals surface area (Å²) < 4.78 is 5.33. The van der Waals surface area contributed by atoms with Crippen molar-refractivity contribution >= 4 is 11.9 Å². The maximum atomic E-state index is 12.2. The van der Waals surface area contributed by atoms with E-state index in [-0.39, 0.29) is 5.91 Å². The number of rotatable bonds is 4. The van der Waals surface area contributed by atoms with Crippen molar-refractivity contribution in [2.75, 3.05) is 6.54 Å². The minimum atomic E-state index is -0.962. The second kappa shape index (κ2) is 5.52. The molecule has 4 bridgehead atoms. The van der Waals surface area contributed by atoms with E-state index in [1.165, 1.54) is 32.1 Å². The third kappa shape index (κ3) is 2.53. The molecule has 5 rings (SSSR count). The maximum absolute atomic E-state index is 12.2. The van der Waals surface area contributed by atoms with E-state index in [0.717, 1.165) is 30.2 Å². The third-order valence-electron chi connectivity index (χ3n) is 6.52. The highest BCUT2D eigenvalue weighted by Gasteiger charge is 2.48. The number of ether oxygens (including phenoxy) is 1. The van der Waals surface area contributed by atoms with Crippen LogP contribution in [-0.2, 0) is 14.3 Å². The summed E-state index contributed by atoms with van der Waals surface area (Å²) in [6, 6.07) is 0. The number of amides is 1. The fourth-order valence-corrected chi connectivity index (χ4v) is 5.72. The van der Waals surface area contributed by atoms with Crippen LogP contribution in [0.5, 0.6) is 0 Å². The second-order valence-electron chi connectivity index (χ2n) is 7.87. The molecule has 5 fully saturated rings. The first-order chi connectivity index (χ1) is 10.6. The quantitative estimate of drug-likeness (QED) is 0.830. The number of nitrogens with one attached hydrogen (secondary N) is 1. The summed E-state index contributed by atoms with van der Waals surface area (Å²) in [7, 11) is 0. The number of carbonyl (C=O) groups excluding carboxylic acids is 1. The van der Waals surface area contributed by atoms with E-state index in [0.29, 0.717) is 18.8 Å². The Bertz CT molecular complexity index is 449. The minimum absolute atomic E-state index is 0.113. The zero-order chi connectivity index (χ0) is 15.3. The van der Waals surface area contributed by atoms with Crippen LogP contribution in [0.2, 0.25) is 0 Å². The van der Waals surface area contributed by atoms with Gasteiger partial charge in [-0.25, -0.2) is 4.79 Å². The SMILES string of the molecule is O=C(NCC1C2CC3CC(C2)CC1C3)[C@@H]1CC[C@H](C(=O)O)O1. The average molecular weight is 307 g/mol. The van der Waals surface area contributed by atoms with Crippen molar-refractivity contribution in [3.63, 3.8) is 0 Å². The van der Waals surface area contributed by atoms with Gasteiger partial charge in [-0.1, -0.05) is 0 Å². The molecule has 4 saturated carbocycles. The van der Waals surface area contributed by atoms with Crippen molar-refractivity contribution in [1.29, 1.82) is 0 Å². The Morgan fingerprint density at radius 1 is 0.955 bits per heavy atom. The van der Waals surface area contributed by atoms with Crippen molar-refractivity contribution in [1.82, 2.24) is 5.32 Å². The van der Waals surface area contributed by atoms with Gasteiger partial charge in [-0.3, -0.25) is 4.79 Å². The molecule has 122 valence electrons. The smallest absolute Gasteiger partial charge is 0.332 e. The number of hydrogen-bond donors (Lipinski definition) is 2. The van der Waals surface area contributed by atoms with Gasteiger partial charge in [0.05, 0.1) is 0 Å². The lowest BCUT2D eigenvalue weighted by atomic mass is 9.52. The molecule has 1 aliphatic heterocycles. The number of hydrogen-bond acceptors (Lipinski definition) is 3. The van der Waals surface area contributed by atoms with Crippen LogP contribution in [0, 0.1) is 29.6 Å². The van der Waals surface area contributed by atoms with Crippen molar-refractivity contribution in [2.24, 2.45) is 29.6 Å². The lowest BCUT2D eigenvalue weighted by Gasteiger charge is -2.54. The first-order valence-electron chi connectivity index (χ1n) is 8.76. The average Bonchev–Trinajstić information content (AvgIpc) is 2.95. The van der Waals surface area contributed by atoms with Crippen LogP contribution >= 0.6 is 0 Å². The fourth-order valence-electron chi connectivity index (χ4n) is 5.72. The largest absolute Gasteiger partial charge is 0.479 e. The molecule has 2 N–H and O–H groups in total. The van der Waals surface area contributed by atoms with Crippen LogP contribution in [0.1, 0.15) is 44.9 Å². The van der Waals surface area contributed by atoms with E-state index in [4.69, 9.17) is 9.84 Å². The Hall–Kier alpha value is -1.10. The standard InChI is InChI=1S/C17H25NO4/c19-16(14-1-2-15(22-14)17(20)21)18-8-13-11-4-9-3-10(6-11)7-12(13)5-9/h9-15H,1-8H2,(H,18,19)(H,20,21)/t9?,10?,11?,12?,13?,14-,15+/m0/s1. The Morgan fingerprint density at radius 2 is 1.55 bits per heavy atom. The molecule has 4 aliphatic carbocycles. The molecule has 2 atom stereocenters. The van der Waals surface area contributed by atoms with E-state index < -0.39 is 18.2 Å². The lowest BCUT2D eigenvalue weighted by molar-refractivity contribution is -0.151. The zero-order valence-corrected chi connectivity index (χ0v) is 12.9. The molecule has 0 unspecified atom stereocenters. The van der Waals surface area contributed by atoms with Crippen LogP contribution in [0.3, 0.4) is 0 Å². The van der Waals surface area contributed by atoms with Crippen molar-refractivity contribution < 1.29 is 19.4 Å². The molecule has 5 nitrogen and oxygen atoms in total. The number of aliphatic carboxylic acids is 1. The predicted octanol–water partition coefficient (Wildman–Crippen LogP) is 1.81. The molecule has 0 aromatic heterocycles. The summed E-state index contributed by atoms with van der Waals surface area (Å²) in [5, 5.41) is 12.0. The summed E-state index contributed by atoms with van der Waals surface area (Å²) in [4.78, 5) is 23.1. The summed E-state index contributed by atoms with van der Waals surface area (Å²) in [6.07, 6.45) is 6.44. The Kier molecular flexibility index (Phi) is 3.63. The molecule has 0 aromatic rings. The van der Waals surface area contributed by atoms with E-state index >= 15 is 0 Å². The summed E-state index contributed by atoms with van der Waals surface area (Å²) in [5.74, 6) is 3.05. The van der Waals surface area contributed by atoms with E-state index in [2.05, 4.69) is 5.32 Å². The maximum Gasteiger partial charge on any atom is 0.332 e. The van der Waals surface area contributed by atoms with Crippen LogP contribution in [-0.4, -0.2) is 35.7 Å². The molecule has 1 saturated heterocycles. The second-order valence-corrected chi connectivity index (χ2v) is 7.87. The van der Waals surface area contributed by atoms with Gasteiger partial charge in [0.2, 0.25) is 5.91 Å². The molecule has 1 amide bonds. The zero-order valence-electron chi connectivity index (χ0n) is 12.9. The molecular formula is C17H25NO4. The van der Waals surface area contributed by atoms with Gasteiger partial charge in [-0.2, -0.15) is 0 Å². The van der Waals surface area contributed by atoms with Gasteiger partial charge >= 0.3 is 5.97 Å². The van der Waals surface area contributed by atoms with Gasteiger partial charge in [-0.15, -0.1) is 0 Å². The van der Waals surface area contributed by atoms with Crippen molar-refractivity contribution in [3.8, 4) is 0 Å². The Labute approximate surface area is 130 Å².